The zero-order chi connectivity index (χ0) is 12.3. The minimum absolute atomic E-state index is 0.186. The molecule has 2 N–H and O–H groups in total. The van der Waals surface area contributed by atoms with Crippen molar-refractivity contribution in [2.24, 2.45) is 5.73 Å². The Balaban J connectivity index is 2.14. The number of methoxy groups -OCH3 is 2. The SMILES string of the molecule is COc1cccc(OC2CCC(N)C2)c1OC. The first-order valence-electron chi connectivity index (χ1n) is 5.87. The van der Waals surface area contributed by atoms with Gasteiger partial charge in [0.2, 0.25) is 5.75 Å². The Morgan fingerprint density at radius 1 is 1.12 bits per heavy atom. The lowest BCUT2D eigenvalue weighted by atomic mass is 10.2. The minimum Gasteiger partial charge on any atom is -0.493 e. The van der Waals surface area contributed by atoms with Gasteiger partial charge in [0.1, 0.15) is 6.10 Å². The molecule has 1 fully saturated rings. The number of hydrogen-bond donors (Lipinski definition) is 1. The van der Waals surface area contributed by atoms with Gasteiger partial charge < -0.3 is 19.9 Å². The second-order valence-corrected chi connectivity index (χ2v) is 4.30. The molecule has 1 aromatic carbocycles. The summed E-state index contributed by atoms with van der Waals surface area (Å²) in [5.74, 6) is 2.06. The minimum atomic E-state index is 0.186. The lowest BCUT2D eigenvalue weighted by Crippen LogP contribution is -2.19. The number of para-hydroxylation sites is 1. The monoisotopic (exact) mass is 237 g/mol. The maximum absolute atomic E-state index is 5.93. The molecule has 4 nitrogen and oxygen atoms in total. The van der Waals surface area contributed by atoms with Crippen LogP contribution in [0, 0.1) is 0 Å². The second-order valence-electron chi connectivity index (χ2n) is 4.30. The van der Waals surface area contributed by atoms with E-state index in [0.717, 1.165) is 25.0 Å². The molecule has 1 aliphatic rings. The highest BCUT2D eigenvalue weighted by atomic mass is 16.5. The van der Waals surface area contributed by atoms with Gasteiger partial charge in [0.15, 0.2) is 11.5 Å². The summed E-state index contributed by atoms with van der Waals surface area (Å²) >= 11 is 0. The Bertz CT molecular complexity index is 381. The van der Waals surface area contributed by atoms with Crippen molar-refractivity contribution in [3.8, 4) is 17.2 Å². The Hall–Kier alpha value is -1.42. The van der Waals surface area contributed by atoms with Gasteiger partial charge in [-0.25, -0.2) is 0 Å². The summed E-state index contributed by atoms with van der Waals surface area (Å²) in [5, 5.41) is 0. The molecule has 2 atom stereocenters. The molecule has 2 unspecified atom stereocenters. The van der Waals surface area contributed by atoms with Crippen LogP contribution in [0.4, 0.5) is 0 Å². The summed E-state index contributed by atoms with van der Waals surface area (Å²) in [4.78, 5) is 0. The average Bonchev–Trinajstić information content (AvgIpc) is 2.74. The van der Waals surface area contributed by atoms with Gasteiger partial charge in [0, 0.05) is 6.04 Å². The van der Waals surface area contributed by atoms with Crippen molar-refractivity contribution in [2.75, 3.05) is 14.2 Å². The van der Waals surface area contributed by atoms with Crippen LogP contribution in [0.2, 0.25) is 0 Å². The van der Waals surface area contributed by atoms with Crippen LogP contribution in [0.3, 0.4) is 0 Å². The van der Waals surface area contributed by atoms with Crippen molar-refractivity contribution < 1.29 is 14.2 Å². The van der Waals surface area contributed by atoms with Crippen molar-refractivity contribution in [3.05, 3.63) is 18.2 Å². The predicted octanol–water partition coefficient (Wildman–Crippen LogP) is 1.96. The fraction of sp³-hybridized carbons (Fsp3) is 0.538. The fourth-order valence-corrected chi connectivity index (χ4v) is 2.21. The highest BCUT2D eigenvalue weighted by Crippen LogP contribution is 2.38. The molecule has 2 rings (SSSR count). The van der Waals surface area contributed by atoms with Gasteiger partial charge in [-0.15, -0.1) is 0 Å². The molecular weight excluding hydrogens is 218 g/mol. The van der Waals surface area contributed by atoms with E-state index in [4.69, 9.17) is 19.9 Å². The molecule has 0 radical (unpaired) electrons. The van der Waals surface area contributed by atoms with Crippen LogP contribution in [-0.4, -0.2) is 26.4 Å². The molecule has 1 aromatic rings. The highest BCUT2D eigenvalue weighted by molar-refractivity contribution is 5.51. The summed E-state index contributed by atoms with van der Waals surface area (Å²) in [7, 11) is 3.23. The molecule has 0 bridgehead atoms. The maximum Gasteiger partial charge on any atom is 0.203 e. The summed E-state index contributed by atoms with van der Waals surface area (Å²) < 4.78 is 16.5. The molecule has 0 spiro atoms. The molecule has 4 heteroatoms. The first-order valence-corrected chi connectivity index (χ1v) is 5.87. The van der Waals surface area contributed by atoms with E-state index in [1.807, 2.05) is 18.2 Å². The van der Waals surface area contributed by atoms with Crippen LogP contribution in [0.25, 0.3) is 0 Å². The maximum atomic E-state index is 5.93. The first-order chi connectivity index (χ1) is 8.24. The van der Waals surface area contributed by atoms with E-state index in [1.54, 1.807) is 14.2 Å². The van der Waals surface area contributed by atoms with Crippen LogP contribution < -0.4 is 19.9 Å². The smallest absolute Gasteiger partial charge is 0.203 e. The first kappa shape index (κ1) is 12.0. The quantitative estimate of drug-likeness (QED) is 0.869. The van der Waals surface area contributed by atoms with Crippen molar-refractivity contribution >= 4 is 0 Å². The van der Waals surface area contributed by atoms with Crippen LogP contribution >= 0.6 is 0 Å². The van der Waals surface area contributed by atoms with Gasteiger partial charge in [-0.05, 0) is 31.4 Å². The molecule has 0 aromatic heterocycles. The third-order valence-corrected chi connectivity index (χ3v) is 3.09. The number of nitrogens with two attached hydrogens (primary N) is 1. The molecular formula is C13H19NO3. The largest absolute Gasteiger partial charge is 0.493 e. The summed E-state index contributed by atoms with van der Waals surface area (Å²) in [6, 6.07) is 5.90. The number of benzene rings is 1. The molecule has 0 amide bonds. The summed E-state index contributed by atoms with van der Waals surface area (Å²) in [6.07, 6.45) is 3.12. The highest BCUT2D eigenvalue weighted by Gasteiger charge is 2.24. The molecule has 17 heavy (non-hydrogen) atoms. The van der Waals surface area contributed by atoms with E-state index < -0.39 is 0 Å². The van der Waals surface area contributed by atoms with Gasteiger partial charge in [-0.2, -0.15) is 0 Å². The van der Waals surface area contributed by atoms with Gasteiger partial charge >= 0.3 is 0 Å². The summed E-state index contributed by atoms with van der Waals surface area (Å²) in [6.45, 7) is 0. The third kappa shape index (κ3) is 2.64. The summed E-state index contributed by atoms with van der Waals surface area (Å²) in [5.41, 5.74) is 5.87. The van der Waals surface area contributed by atoms with E-state index in [0.29, 0.717) is 11.5 Å². The van der Waals surface area contributed by atoms with Crippen molar-refractivity contribution in [3.63, 3.8) is 0 Å². The third-order valence-electron chi connectivity index (χ3n) is 3.09. The lowest BCUT2D eigenvalue weighted by molar-refractivity contribution is 0.197. The van der Waals surface area contributed by atoms with Gasteiger partial charge in [-0.3, -0.25) is 0 Å². The Labute approximate surface area is 102 Å². The van der Waals surface area contributed by atoms with Crippen LogP contribution in [0.1, 0.15) is 19.3 Å². The molecule has 0 heterocycles. The molecule has 0 saturated heterocycles. The molecule has 94 valence electrons. The van der Waals surface area contributed by atoms with E-state index in [1.165, 1.54) is 0 Å². The van der Waals surface area contributed by atoms with Crippen molar-refractivity contribution in [2.45, 2.75) is 31.4 Å². The van der Waals surface area contributed by atoms with E-state index in [2.05, 4.69) is 0 Å². The Kier molecular flexibility index (Phi) is 3.74. The number of ether oxygens (including phenoxy) is 3. The Morgan fingerprint density at radius 2 is 1.88 bits per heavy atom. The predicted molar refractivity (Wildman–Crippen MR) is 65.8 cm³/mol. The zero-order valence-electron chi connectivity index (χ0n) is 10.3. The molecule has 1 saturated carbocycles. The van der Waals surface area contributed by atoms with Gasteiger partial charge in [0.05, 0.1) is 14.2 Å². The fourth-order valence-electron chi connectivity index (χ4n) is 2.21. The van der Waals surface area contributed by atoms with E-state index in [-0.39, 0.29) is 12.1 Å². The van der Waals surface area contributed by atoms with Crippen molar-refractivity contribution in [1.82, 2.24) is 0 Å². The zero-order valence-corrected chi connectivity index (χ0v) is 10.3. The average molecular weight is 237 g/mol. The van der Waals surface area contributed by atoms with Gasteiger partial charge in [0.25, 0.3) is 0 Å². The normalized spacial score (nSPS) is 23.5. The topological polar surface area (TPSA) is 53.7 Å². The van der Waals surface area contributed by atoms with Crippen LogP contribution in [0.5, 0.6) is 17.2 Å². The lowest BCUT2D eigenvalue weighted by Gasteiger charge is -2.17. The van der Waals surface area contributed by atoms with Gasteiger partial charge in [-0.1, -0.05) is 6.07 Å². The standard InChI is InChI=1S/C13H19NO3/c1-15-11-4-3-5-12(13(11)16-2)17-10-7-6-9(14)8-10/h3-5,9-10H,6-8,14H2,1-2H3. The van der Waals surface area contributed by atoms with E-state index >= 15 is 0 Å². The van der Waals surface area contributed by atoms with E-state index in [9.17, 15) is 0 Å². The molecule has 0 aliphatic heterocycles. The number of rotatable bonds is 4. The van der Waals surface area contributed by atoms with Crippen LogP contribution in [-0.2, 0) is 0 Å². The number of hydrogen-bond acceptors (Lipinski definition) is 4. The Morgan fingerprint density at radius 3 is 2.47 bits per heavy atom. The molecule has 1 aliphatic carbocycles. The van der Waals surface area contributed by atoms with Crippen LogP contribution in [0.15, 0.2) is 18.2 Å². The second kappa shape index (κ2) is 5.27. The van der Waals surface area contributed by atoms with Crippen molar-refractivity contribution in [1.29, 1.82) is 0 Å².